The summed E-state index contributed by atoms with van der Waals surface area (Å²) in [6.07, 6.45) is 1.26. The van der Waals surface area contributed by atoms with Crippen LogP contribution in [0.15, 0.2) is 0 Å². The lowest BCUT2D eigenvalue weighted by atomic mass is 9.88. The molecule has 0 unspecified atom stereocenters. The fraction of sp³-hybridized carbons (Fsp3) is 0.769. The highest BCUT2D eigenvalue weighted by atomic mass is 16.1. The summed E-state index contributed by atoms with van der Waals surface area (Å²) in [6.45, 7) is 12.1. The molecule has 0 aromatic rings. The van der Waals surface area contributed by atoms with E-state index in [0.29, 0.717) is 18.6 Å². The van der Waals surface area contributed by atoms with Crippen LogP contribution in [-0.2, 0) is 4.79 Å². The molecule has 0 fully saturated rings. The van der Waals surface area contributed by atoms with E-state index in [-0.39, 0.29) is 10.8 Å². The molecule has 0 bridgehead atoms. The molecule has 0 radical (unpaired) electrons. The number of hydrogen-bond acceptors (Lipinski definition) is 1. The van der Waals surface area contributed by atoms with Gasteiger partial charge in [0.1, 0.15) is 5.78 Å². The normalized spacial score (nSPS) is 11.9. The topological polar surface area (TPSA) is 17.1 Å². The molecule has 0 rings (SSSR count). The van der Waals surface area contributed by atoms with Gasteiger partial charge in [0.05, 0.1) is 0 Å². The fourth-order valence-electron chi connectivity index (χ4n) is 0.879. The standard InChI is InChI=1S/C13H22O/c1-12(2,3)10-8-7-9-11(14)13(4,5)6/h7,9H2,1-6H3. The smallest absolute Gasteiger partial charge is 0.139 e. The van der Waals surface area contributed by atoms with E-state index in [9.17, 15) is 4.79 Å². The average Bonchev–Trinajstić information content (AvgIpc) is 1.93. The number of hydrogen-bond donors (Lipinski definition) is 0. The Labute approximate surface area is 88.3 Å². The molecule has 0 aliphatic carbocycles. The van der Waals surface area contributed by atoms with Gasteiger partial charge in [-0.2, -0.15) is 0 Å². The van der Waals surface area contributed by atoms with E-state index >= 15 is 0 Å². The number of carbonyl (C=O) groups excluding carboxylic acids is 1. The first-order chi connectivity index (χ1) is 6.13. The van der Waals surface area contributed by atoms with Crippen molar-refractivity contribution in [2.45, 2.75) is 54.4 Å². The molecule has 0 spiro atoms. The van der Waals surface area contributed by atoms with E-state index in [2.05, 4.69) is 32.6 Å². The van der Waals surface area contributed by atoms with Crippen LogP contribution in [0.25, 0.3) is 0 Å². The van der Waals surface area contributed by atoms with Gasteiger partial charge in [-0.3, -0.25) is 4.79 Å². The molecule has 0 aromatic heterocycles. The second kappa shape index (κ2) is 4.64. The zero-order valence-electron chi connectivity index (χ0n) is 10.3. The van der Waals surface area contributed by atoms with Crippen LogP contribution in [-0.4, -0.2) is 5.78 Å². The molecule has 0 saturated heterocycles. The third-order valence-corrected chi connectivity index (χ3v) is 1.78. The van der Waals surface area contributed by atoms with Gasteiger partial charge in [-0.15, -0.1) is 5.92 Å². The van der Waals surface area contributed by atoms with Gasteiger partial charge in [0.25, 0.3) is 0 Å². The lowest BCUT2D eigenvalue weighted by molar-refractivity contribution is -0.126. The first-order valence-corrected chi connectivity index (χ1v) is 5.16. The summed E-state index contributed by atoms with van der Waals surface area (Å²) in [5, 5.41) is 0. The molecular formula is C13H22O. The maximum absolute atomic E-state index is 11.5. The number of ketones is 1. The number of rotatable bonds is 2. The Morgan fingerprint density at radius 3 is 1.93 bits per heavy atom. The molecule has 0 aliphatic heterocycles. The molecule has 0 N–H and O–H groups in total. The highest BCUT2D eigenvalue weighted by Gasteiger charge is 2.19. The second-order valence-electron chi connectivity index (χ2n) is 5.72. The zero-order chi connectivity index (χ0) is 11.4. The molecule has 0 atom stereocenters. The van der Waals surface area contributed by atoms with Gasteiger partial charge in [0.2, 0.25) is 0 Å². The van der Waals surface area contributed by atoms with E-state index in [1.54, 1.807) is 0 Å². The van der Waals surface area contributed by atoms with Crippen molar-refractivity contribution >= 4 is 5.78 Å². The molecule has 0 heterocycles. The molecule has 0 aliphatic rings. The molecule has 0 aromatic carbocycles. The lowest BCUT2D eigenvalue weighted by Crippen LogP contribution is -2.19. The Hall–Kier alpha value is -0.770. The van der Waals surface area contributed by atoms with Crippen molar-refractivity contribution in [2.75, 3.05) is 0 Å². The number of carbonyl (C=O) groups is 1. The van der Waals surface area contributed by atoms with Crippen molar-refractivity contribution in [1.29, 1.82) is 0 Å². The predicted molar refractivity (Wildman–Crippen MR) is 60.9 cm³/mol. The minimum atomic E-state index is -0.219. The van der Waals surface area contributed by atoms with Crippen LogP contribution in [0, 0.1) is 22.7 Å². The van der Waals surface area contributed by atoms with Gasteiger partial charge in [0.15, 0.2) is 0 Å². The zero-order valence-corrected chi connectivity index (χ0v) is 10.3. The Balaban J connectivity index is 3.97. The average molecular weight is 194 g/mol. The molecule has 1 heteroatoms. The van der Waals surface area contributed by atoms with Crippen LogP contribution < -0.4 is 0 Å². The van der Waals surface area contributed by atoms with Crippen LogP contribution >= 0.6 is 0 Å². The lowest BCUT2D eigenvalue weighted by Gasteiger charge is -2.15. The van der Waals surface area contributed by atoms with Crippen molar-refractivity contribution in [1.82, 2.24) is 0 Å². The van der Waals surface area contributed by atoms with Crippen LogP contribution in [0.4, 0.5) is 0 Å². The Bertz CT molecular complexity index is 250. The van der Waals surface area contributed by atoms with Crippen molar-refractivity contribution in [3.8, 4) is 11.8 Å². The Morgan fingerprint density at radius 1 is 1.07 bits per heavy atom. The van der Waals surface area contributed by atoms with Gasteiger partial charge in [-0.05, 0) is 20.8 Å². The van der Waals surface area contributed by atoms with Gasteiger partial charge in [-0.25, -0.2) is 0 Å². The molecular weight excluding hydrogens is 172 g/mol. The molecule has 0 amide bonds. The quantitative estimate of drug-likeness (QED) is 0.615. The molecule has 1 nitrogen and oxygen atoms in total. The minimum absolute atomic E-state index is 0.0464. The third-order valence-electron chi connectivity index (χ3n) is 1.78. The predicted octanol–water partition coefficient (Wildman–Crippen LogP) is 3.43. The summed E-state index contributed by atoms with van der Waals surface area (Å²) in [7, 11) is 0. The fourth-order valence-corrected chi connectivity index (χ4v) is 0.879. The van der Waals surface area contributed by atoms with Crippen molar-refractivity contribution in [3.05, 3.63) is 0 Å². The maximum Gasteiger partial charge on any atom is 0.139 e. The van der Waals surface area contributed by atoms with E-state index in [4.69, 9.17) is 0 Å². The van der Waals surface area contributed by atoms with Crippen LogP contribution in [0.1, 0.15) is 54.4 Å². The summed E-state index contributed by atoms with van der Waals surface area (Å²) in [4.78, 5) is 11.5. The monoisotopic (exact) mass is 194 g/mol. The van der Waals surface area contributed by atoms with Gasteiger partial charge in [-0.1, -0.05) is 26.7 Å². The van der Waals surface area contributed by atoms with Crippen molar-refractivity contribution in [3.63, 3.8) is 0 Å². The summed E-state index contributed by atoms with van der Waals surface area (Å²) in [6, 6.07) is 0. The first kappa shape index (κ1) is 13.2. The van der Waals surface area contributed by atoms with E-state index < -0.39 is 0 Å². The molecule has 80 valence electrons. The molecule has 14 heavy (non-hydrogen) atoms. The highest BCUT2D eigenvalue weighted by Crippen LogP contribution is 2.17. The summed E-state index contributed by atoms with van der Waals surface area (Å²) < 4.78 is 0. The van der Waals surface area contributed by atoms with Crippen molar-refractivity contribution < 1.29 is 4.79 Å². The first-order valence-electron chi connectivity index (χ1n) is 5.16. The highest BCUT2D eigenvalue weighted by molar-refractivity contribution is 5.83. The summed E-state index contributed by atoms with van der Waals surface area (Å²) >= 11 is 0. The van der Waals surface area contributed by atoms with E-state index in [1.807, 2.05) is 20.8 Å². The maximum atomic E-state index is 11.5. The van der Waals surface area contributed by atoms with Crippen LogP contribution in [0.5, 0.6) is 0 Å². The summed E-state index contributed by atoms with van der Waals surface area (Å²) in [5.74, 6) is 6.48. The van der Waals surface area contributed by atoms with E-state index in [1.165, 1.54) is 0 Å². The Morgan fingerprint density at radius 2 is 1.57 bits per heavy atom. The minimum Gasteiger partial charge on any atom is -0.299 e. The third kappa shape index (κ3) is 6.71. The summed E-state index contributed by atoms with van der Waals surface area (Å²) in [5.41, 5.74) is -0.172. The van der Waals surface area contributed by atoms with Gasteiger partial charge < -0.3 is 0 Å². The van der Waals surface area contributed by atoms with Crippen molar-refractivity contribution in [2.24, 2.45) is 10.8 Å². The van der Waals surface area contributed by atoms with Crippen LogP contribution in [0.2, 0.25) is 0 Å². The largest absolute Gasteiger partial charge is 0.299 e. The van der Waals surface area contributed by atoms with Gasteiger partial charge in [0, 0.05) is 23.7 Å². The SMILES string of the molecule is CC(C)(C)C#CCCC(=O)C(C)(C)C. The van der Waals surface area contributed by atoms with Gasteiger partial charge >= 0.3 is 0 Å². The second-order valence-corrected chi connectivity index (χ2v) is 5.72. The number of Topliss-reactive ketones (excluding diaryl/α,β-unsaturated/α-hetero) is 1. The van der Waals surface area contributed by atoms with Crippen LogP contribution in [0.3, 0.4) is 0 Å². The van der Waals surface area contributed by atoms with E-state index in [0.717, 1.165) is 0 Å². The Kier molecular flexibility index (Phi) is 4.39. The molecule has 0 saturated carbocycles.